The van der Waals surface area contributed by atoms with Crippen LogP contribution in [0.1, 0.15) is 41.7 Å². The summed E-state index contributed by atoms with van der Waals surface area (Å²) in [6.45, 7) is 1.61. The van der Waals surface area contributed by atoms with Crippen LogP contribution >= 0.6 is 0 Å². The van der Waals surface area contributed by atoms with Crippen LogP contribution in [-0.2, 0) is 0 Å². The number of fused-ring (bicyclic) bond motifs is 1. The van der Waals surface area contributed by atoms with Crippen LogP contribution in [0.15, 0.2) is 24.5 Å². The van der Waals surface area contributed by atoms with E-state index in [4.69, 9.17) is 0 Å². The second-order valence-corrected chi connectivity index (χ2v) is 7.03. The summed E-state index contributed by atoms with van der Waals surface area (Å²) in [5.74, 6) is -1.61. The minimum atomic E-state index is -0.722. The topological polar surface area (TPSA) is 92.9 Å². The van der Waals surface area contributed by atoms with E-state index in [1.807, 2.05) is 0 Å². The van der Waals surface area contributed by atoms with E-state index in [0.717, 1.165) is 18.9 Å². The zero-order chi connectivity index (χ0) is 19.8. The maximum absolute atomic E-state index is 14.1. The van der Waals surface area contributed by atoms with Crippen LogP contribution in [-0.4, -0.2) is 42.9 Å². The number of nitrogens with zero attached hydrogens (tertiary/aromatic N) is 4. The van der Waals surface area contributed by atoms with Gasteiger partial charge in [0.05, 0.1) is 28.3 Å². The molecular formula is C19H19F2N5O2. The van der Waals surface area contributed by atoms with E-state index < -0.39 is 11.6 Å². The first-order valence-corrected chi connectivity index (χ1v) is 9.08. The molecule has 1 fully saturated rings. The van der Waals surface area contributed by atoms with E-state index in [1.54, 1.807) is 6.92 Å². The number of benzene rings is 1. The van der Waals surface area contributed by atoms with E-state index in [9.17, 15) is 18.7 Å². The molecule has 1 aliphatic rings. The van der Waals surface area contributed by atoms with E-state index in [-0.39, 0.29) is 40.5 Å². The Kier molecular flexibility index (Phi) is 4.76. The molecule has 3 aromatic rings. The normalized spacial score (nSPS) is 19.7. The Labute approximate surface area is 159 Å². The van der Waals surface area contributed by atoms with Crippen molar-refractivity contribution in [3.05, 3.63) is 47.4 Å². The Hall–Kier alpha value is -2.94. The number of aromatic nitrogens is 4. The highest BCUT2D eigenvalue weighted by Crippen LogP contribution is 2.24. The Balaban J connectivity index is 1.57. The molecule has 1 saturated carbocycles. The lowest BCUT2D eigenvalue weighted by Gasteiger charge is -2.26. The molecular weight excluding hydrogens is 368 g/mol. The predicted molar refractivity (Wildman–Crippen MR) is 97.0 cm³/mol. The molecule has 1 aliphatic carbocycles. The van der Waals surface area contributed by atoms with Gasteiger partial charge in [-0.05, 0) is 32.6 Å². The van der Waals surface area contributed by atoms with Crippen molar-refractivity contribution in [3.8, 4) is 5.95 Å². The van der Waals surface area contributed by atoms with Gasteiger partial charge in [-0.25, -0.2) is 18.7 Å². The van der Waals surface area contributed by atoms with Crippen molar-refractivity contribution in [3.63, 3.8) is 0 Å². The number of hydrogen-bond acceptors (Lipinski definition) is 5. The Bertz CT molecular complexity index is 1030. The molecule has 4 rings (SSSR count). The maximum Gasteiger partial charge on any atom is 0.254 e. The van der Waals surface area contributed by atoms with Crippen molar-refractivity contribution in [2.24, 2.45) is 0 Å². The SMILES string of the molecule is Cc1nn(-c2ncc(C(=O)NC3CCC(O)CC3)cn2)c2cc(F)cc(F)c12. The molecule has 0 radical (unpaired) electrons. The fraction of sp³-hybridized carbons (Fsp3) is 0.368. The van der Waals surface area contributed by atoms with Gasteiger partial charge in [-0.1, -0.05) is 0 Å². The van der Waals surface area contributed by atoms with Gasteiger partial charge < -0.3 is 10.4 Å². The van der Waals surface area contributed by atoms with Crippen LogP contribution in [0.3, 0.4) is 0 Å². The summed E-state index contributed by atoms with van der Waals surface area (Å²) < 4.78 is 28.9. The monoisotopic (exact) mass is 387 g/mol. The maximum atomic E-state index is 14.1. The summed E-state index contributed by atoms with van der Waals surface area (Å²) in [5.41, 5.74) is 0.880. The molecule has 0 spiro atoms. The summed E-state index contributed by atoms with van der Waals surface area (Å²) in [5, 5.41) is 16.9. The first-order valence-electron chi connectivity index (χ1n) is 9.08. The number of carbonyl (C=O) groups is 1. The van der Waals surface area contributed by atoms with E-state index in [1.165, 1.54) is 23.1 Å². The Morgan fingerprint density at radius 2 is 1.86 bits per heavy atom. The first-order chi connectivity index (χ1) is 13.4. The number of aliphatic hydroxyl groups is 1. The van der Waals surface area contributed by atoms with Crippen LogP contribution in [0.4, 0.5) is 8.78 Å². The smallest absolute Gasteiger partial charge is 0.254 e. The second kappa shape index (κ2) is 7.23. The van der Waals surface area contributed by atoms with Crippen molar-refractivity contribution < 1.29 is 18.7 Å². The van der Waals surface area contributed by atoms with Gasteiger partial charge in [-0.2, -0.15) is 9.78 Å². The van der Waals surface area contributed by atoms with Crippen LogP contribution in [0, 0.1) is 18.6 Å². The molecule has 9 heteroatoms. The Morgan fingerprint density at radius 3 is 2.54 bits per heavy atom. The number of hydrogen-bond donors (Lipinski definition) is 2. The number of nitrogens with one attached hydrogen (secondary N) is 1. The molecule has 2 heterocycles. The number of aliphatic hydroxyl groups excluding tert-OH is 1. The molecule has 0 saturated heterocycles. The third-order valence-corrected chi connectivity index (χ3v) is 5.00. The zero-order valence-electron chi connectivity index (χ0n) is 15.2. The number of aryl methyl sites for hydroxylation is 1. The summed E-state index contributed by atoms with van der Waals surface area (Å²) in [4.78, 5) is 20.7. The highest BCUT2D eigenvalue weighted by atomic mass is 19.1. The molecule has 1 amide bonds. The van der Waals surface area contributed by atoms with Gasteiger partial charge in [0.1, 0.15) is 11.6 Å². The third kappa shape index (κ3) is 3.45. The summed E-state index contributed by atoms with van der Waals surface area (Å²) >= 11 is 0. The largest absolute Gasteiger partial charge is 0.393 e. The molecule has 0 atom stereocenters. The number of amides is 1. The molecule has 28 heavy (non-hydrogen) atoms. The molecule has 0 bridgehead atoms. The summed E-state index contributed by atoms with van der Waals surface area (Å²) in [7, 11) is 0. The van der Waals surface area contributed by atoms with Gasteiger partial charge in [-0.15, -0.1) is 0 Å². The van der Waals surface area contributed by atoms with Crippen LogP contribution < -0.4 is 5.32 Å². The van der Waals surface area contributed by atoms with Gasteiger partial charge in [0.15, 0.2) is 0 Å². The van der Waals surface area contributed by atoms with Gasteiger partial charge in [0.2, 0.25) is 0 Å². The van der Waals surface area contributed by atoms with Crippen molar-refractivity contribution in [1.29, 1.82) is 0 Å². The lowest BCUT2D eigenvalue weighted by Crippen LogP contribution is -2.38. The van der Waals surface area contributed by atoms with Crippen molar-refractivity contribution in [2.75, 3.05) is 0 Å². The van der Waals surface area contributed by atoms with Crippen LogP contribution in [0.5, 0.6) is 0 Å². The van der Waals surface area contributed by atoms with E-state index >= 15 is 0 Å². The minimum Gasteiger partial charge on any atom is -0.393 e. The van der Waals surface area contributed by atoms with Gasteiger partial charge in [0.25, 0.3) is 11.9 Å². The highest BCUT2D eigenvalue weighted by Gasteiger charge is 2.22. The molecule has 2 aromatic heterocycles. The average Bonchev–Trinajstić information content (AvgIpc) is 3.00. The average molecular weight is 387 g/mol. The minimum absolute atomic E-state index is 0.0132. The van der Waals surface area contributed by atoms with Crippen molar-refractivity contribution >= 4 is 16.8 Å². The lowest BCUT2D eigenvalue weighted by molar-refractivity contribution is 0.0867. The first kappa shape index (κ1) is 18.4. The third-order valence-electron chi connectivity index (χ3n) is 5.00. The molecule has 146 valence electrons. The Morgan fingerprint density at radius 1 is 1.18 bits per heavy atom. The summed E-state index contributed by atoms with van der Waals surface area (Å²) in [6.07, 6.45) is 5.20. The van der Waals surface area contributed by atoms with Crippen LogP contribution in [0.2, 0.25) is 0 Å². The van der Waals surface area contributed by atoms with Gasteiger partial charge in [0, 0.05) is 30.6 Å². The molecule has 2 N–H and O–H groups in total. The quantitative estimate of drug-likeness (QED) is 0.720. The van der Waals surface area contributed by atoms with Crippen molar-refractivity contribution in [1.82, 2.24) is 25.1 Å². The van der Waals surface area contributed by atoms with E-state index in [0.29, 0.717) is 18.5 Å². The molecule has 7 nitrogen and oxygen atoms in total. The van der Waals surface area contributed by atoms with Crippen LogP contribution in [0.25, 0.3) is 16.9 Å². The number of halogens is 2. The van der Waals surface area contributed by atoms with Crippen molar-refractivity contribution in [2.45, 2.75) is 44.8 Å². The standard InChI is InChI=1S/C19H19F2N5O2/c1-10-17-15(21)6-12(20)7-16(17)26(25-10)19-22-8-11(9-23-19)18(28)24-13-2-4-14(27)5-3-13/h6-9,13-14,27H,2-5H2,1H3,(H,24,28). The molecule has 1 aromatic carbocycles. The van der Waals surface area contributed by atoms with E-state index in [2.05, 4.69) is 20.4 Å². The number of rotatable bonds is 3. The number of carbonyl (C=O) groups excluding carboxylic acids is 1. The fourth-order valence-corrected chi connectivity index (χ4v) is 3.53. The highest BCUT2D eigenvalue weighted by molar-refractivity contribution is 5.93. The fourth-order valence-electron chi connectivity index (χ4n) is 3.53. The predicted octanol–water partition coefficient (Wildman–Crippen LogP) is 2.44. The zero-order valence-corrected chi connectivity index (χ0v) is 15.2. The lowest BCUT2D eigenvalue weighted by atomic mass is 9.93. The van der Waals surface area contributed by atoms with Gasteiger partial charge >= 0.3 is 0 Å². The molecule has 0 unspecified atom stereocenters. The second-order valence-electron chi connectivity index (χ2n) is 7.03. The summed E-state index contributed by atoms with van der Waals surface area (Å²) in [6, 6.07) is 1.99. The molecule has 0 aliphatic heterocycles. The van der Waals surface area contributed by atoms with Gasteiger partial charge in [-0.3, -0.25) is 4.79 Å².